The molecule has 1 atom stereocenters. The van der Waals surface area contributed by atoms with Crippen LogP contribution in [0.1, 0.15) is 12.5 Å². The molecule has 1 saturated heterocycles. The maximum atomic E-state index is 13.8. The molecular formula is C11H11BrFNOS. The maximum Gasteiger partial charge on any atom is 0.128 e. The molecule has 1 N–H and O–H groups in total. The predicted octanol–water partition coefficient (Wildman–Crippen LogP) is 2.75. The van der Waals surface area contributed by atoms with Gasteiger partial charge in [-0.15, -0.1) is 0 Å². The standard InChI is InChI=1S/C11H11BrFNOS/c1-11(6-15-5-10(16)14-11)8-4-7(12)2-3-9(8)13/h2-4H,5-6H2,1H3,(H,14,16)/t11-/m1/s1. The molecule has 2 nitrogen and oxygen atoms in total. The summed E-state index contributed by atoms with van der Waals surface area (Å²) < 4.78 is 20.0. The quantitative estimate of drug-likeness (QED) is 0.806. The summed E-state index contributed by atoms with van der Waals surface area (Å²) in [7, 11) is 0. The lowest BCUT2D eigenvalue weighted by Crippen LogP contribution is -2.52. The molecule has 1 aliphatic heterocycles. The molecule has 1 fully saturated rings. The Hall–Kier alpha value is -0.520. The van der Waals surface area contributed by atoms with Gasteiger partial charge in [0, 0.05) is 10.0 Å². The van der Waals surface area contributed by atoms with Crippen molar-refractivity contribution in [3.63, 3.8) is 0 Å². The molecule has 0 aliphatic carbocycles. The molecule has 1 aromatic rings. The Morgan fingerprint density at radius 3 is 3.00 bits per heavy atom. The average Bonchev–Trinajstić information content (AvgIpc) is 2.21. The van der Waals surface area contributed by atoms with Crippen LogP contribution in [0.4, 0.5) is 4.39 Å². The second-order valence-electron chi connectivity index (χ2n) is 4.00. The summed E-state index contributed by atoms with van der Waals surface area (Å²) in [5.41, 5.74) is -0.0349. The highest BCUT2D eigenvalue weighted by molar-refractivity contribution is 9.10. The van der Waals surface area contributed by atoms with Crippen molar-refractivity contribution < 1.29 is 9.13 Å². The van der Waals surface area contributed by atoms with E-state index in [2.05, 4.69) is 21.2 Å². The van der Waals surface area contributed by atoms with E-state index in [0.29, 0.717) is 23.8 Å². The van der Waals surface area contributed by atoms with Crippen LogP contribution in [-0.4, -0.2) is 18.2 Å². The van der Waals surface area contributed by atoms with Crippen LogP contribution in [0, 0.1) is 5.82 Å². The molecule has 0 saturated carbocycles. The SMILES string of the molecule is C[C@]1(c2cc(Br)ccc2F)COCC(=S)N1. The van der Waals surface area contributed by atoms with E-state index in [1.807, 2.05) is 6.92 Å². The molecule has 1 aromatic carbocycles. The van der Waals surface area contributed by atoms with Crippen LogP contribution in [0.5, 0.6) is 0 Å². The van der Waals surface area contributed by atoms with E-state index in [-0.39, 0.29) is 5.82 Å². The Bertz CT molecular complexity index is 440. The number of ether oxygens (including phenoxy) is 1. The average molecular weight is 304 g/mol. The fraction of sp³-hybridized carbons (Fsp3) is 0.364. The van der Waals surface area contributed by atoms with Crippen LogP contribution in [0.15, 0.2) is 22.7 Å². The van der Waals surface area contributed by atoms with Crippen LogP contribution in [0.3, 0.4) is 0 Å². The summed E-state index contributed by atoms with van der Waals surface area (Å²) in [5.74, 6) is -0.258. The molecule has 1 aliphatic rings. The third kappa shape index (κ3) is 2.26. The van der Waals surface area contributed by atoms with E-state index in [4.69, 9.17) is 17.0 Å². The summed E-state index contributed by atoms with van der Waals surface area (Å²) in [6.45, 7) is 2.68. The molecule has 16 heavy (non-hydrogen) atoms. The minimum Gasteiger partial charge on any atom is -0.372 e. The first-order valence-electron chi connectivity index (χ1n) is 4.85. The lowest BCUT2D eigenvalue weighted by Gasteiger charge is -2.36. The molecule has 0 aromatic heterocycles. The van der Waals surface area contributed by atoms with E-state index in [0.717, 1.165) is 4.47 Å². The first kappa shape index (κ1) is 12.0. The van der Waals surface area contributed by atoms with Gasteiger partial charge in [-0.05, 0) is 25.1 Å². The van der Waals surface area contributed by atoms with Gasteiger partial charge in [0.2, 0.25) is 0 Å². The smallest absolute Gasteiger partial charge is 0.128 e. The largest absolute Gasteiger partial charge is 0.372 e. The normalized spacial score (nSPS) is 25.3. The van der Waals surface area contributed by atoms with E-state index in [9.17, 15) is 4.39 Å². The van der Waals surface area contributed by atoms with Crippen LogP contribution in [0.2, 0.25) is 0 Å². The summed E-state index contributed by atoms with van der Waals surface area (Å²) in [4.78, 5) is 0.605. The van der Waals surface area contributed by atoms with Crippen molar-refractivity contribution in [1.29, 1.82) is 0 Å². The Kier molecular flexibility index (Phi) is 3.28. The Morgan fingerprint density at radius 2 is 2.31 bits per heavy atom. The fourth-order valence-corrected chi connectivity index (χ4v) is 2.46. The Balaban J connectivity index is 2.41. The number of morpholine rings is 1. The fourth-order valence-electron chi connectivity index (χ4n) is 1.79. The van der Waals surface area contributed by atoms with E-state index < -0.39 is 5.54 Å². The van der Waals surface area contributed by atoms with Crippen LogP contribution in [0.25, 0.3) is 0 Å². The molecule has 5 heteroatoms. The zero-order valence-corrected chi connectivity index (χ0v) is 11.1. The second-order valence-corrected chi connectivity index (χ2v) is 5.41. The van der Waals surface area contributed by atoms with Gasteiger partial charge in [0.25, 0.3) is 0 Å². The van der Waals surface area contributed by atoms with Crippen molar-refractivity contribution in [2.75, 3.05) is 13.2 Å². The highest BCUT2D eigenvalue weighted by Gasteiger charge is 2.33. The molecule has 1 heterocycles. The molecule has 86 valence electrons. The first-order valence-corrected chi connectivity index (χ1v) is 6.06. The topological polar surface area (TPSA) is 21.3 Å². The maximum absolute atomic E-state index is 13.8. The third-order valence-electron chi connectivity index (χ3n) is 2.56. The van der Waals surface area contributed by atoms with Crippen molar-refractivity contribution in [2.45, 2.75) is 12.5 Å². The van der Waals surface area contributed by atoms with Gasteiger partial charge >= 0.3 is 0 Å². The van der Waals surface area contributed by atoms with Gasteiger partial charge in [-0.1, -0.05) is 28.1 Å². The van der Waals surface area contributed by atoms with Gasteiger partial charge in [0.15, 0.2) is 0 Å². The molecular weight excluding hydrogens is 293 g/mol. The van der Waals surface area contributed by atoms with Gasteiger partial charge in [-0.3, -0.25) is 0 Å². The lowest BCUT2D eigenvalue weighted by atomic mass is 9.91. The molecule has 0 bridgehead atoms. The van der Waals surface area contributed by atoms with Crippen molar-refractivity contribution in [3.8, 4) is 0 Å². The van der Waals surface area contributed by atoms with E-state index >= 15 is 0 Å². The van der Waals surface area contributed by atoms with Crippen LogP contribution in [-0.2, 0) is 10.3 Å². The summed E-state index contributed by atoms with van der Waals surface area (Å²) in [6, 6.07) is 4.85. The molecule has 0 radical (unpaired) electrons. The number of thiocarbonyl (C=S) groups is 1. The number of hydrogen-bond acceptors (Lipinski definition) is 2. The third-order valence-corrected chi connectivity index (χ3v) is 3.28. The van der Waals surface area contributed by atoms with Crippen LogP contribution < -0.4 is 5.32 Å². The first-order chi connectivity index (χ1) is 7.51. The van der Waals surface area contributed by atoms with E-state index in [1.54, 1.807) is 12.1 Å². The minimum atomic E-state index is -0.594. The van der Waals surface area contributed by atoms with Gasteiger partial charge in [0.05, 0.1) is 18.8 Å². The minimum absolute atomic E-state index is 0.258. The van der Waals surface area contributed by atoms with Crippen molar-refractivity contribution in [1.82, 2.24) is 5.32 Å². The number of halogens is 2. The van der Waals surface area contributed by atoms with Gasteiger partial charge in [0.1, 0.15) is 10.8 Å². The van der Waals surface area contributed by atoms with Gasteiger partial charge < -0.3 is 10.1 Å². The molecule has 0 unspecified atom stereocenters. The lowest BCUT2D eigenvalue weighted by molar-refractivity contribution is 0.0857. The van der Waals surface area contributed by atoms with Crippen molar-refractivity contribution in [3.05, 3.63) is 34.1 Å². The number of rotatable bonds is 1. The predicted molar refractivity (Wildman–Crippen MR) is 68.0 cm³/mol. The van der Waals surface area contributed by atoms with E-state index in [1.165, 1.54) is 6.07 Å². The summed E-state index contributed by atoms with van der Waals surface area (Å²) >= 11 is 8.39. The van der Waals surface area contributed by atoms with Gasteiger partial charge in [-0.25, -0.2) is 4.39 Å². The number of hydrogen-bond donors (Lipinski definition) is 1. The van der Waals surface area contributed by atoms with Gasteiger partial charge in [-0.2, -0.15) is 0 Å². The molecule has 0 amide bonds. The highest BCUT2D eigenvalue weighted by atomic mass is 79.9. The Morgan fingerprint density at radius 1 is 1.56 bits per heavy atom. The zero-order chi connectivity index (χ0) is 11.8. The zero-order valence-electron chi connectivity index (χ0n) is 8.72. The highest BCUT2D eigenvalue weighted by Crippen LogP contribution is 2.28. The van der Waals surface area contributed by atoms with Crippen molar-refractivity contribution in [2.24, 2.45) is 0 Å². The summed E-state index contributed by atoms with van der Waals surface area (Å²) in [6.07, 6.45) is 0. The number of benzene rings is 1. The molecule has 0 spiro atoms. The molecule has 2 rings (SSSR count). The second kappa shape index (κ2) is 4.39. The Labute approximate surface area is 107 Å². The number of nitrogens with one attached hydrogen (secondary N) is 1. The van der Waals surface area contributed by atoms with Crippen molar-refractivity contribution >= 4 is 33.1 Å². The monoisotopic (exact) mass is 303 g/mol. The van der Waals surface area contributed by atoms with Crippen LogP contribution >= 0.6 is 28.1 Å². The summed E-state index contributed by atoms with van der Waals surface area (Å²) in [5, 5.41) is 3.12.